The van der Waals surface area contributed by atoms with Crippen molar-refractivity contribution in [2.24, 2.45) is 0 Å². The number of hydrogen-bond donors (Lipinski definition) is 1. The van der Waals surface area contributed by atoms with Crippen LogP contribution in [0.15, 0.2) is 24.3 Å². The molecule has 1 aromatic carbocycles. The molecule has 0 unspecified atom stereocenters. The largest absolute Gasteiger partial charge is 0.481 e. The Balaban J connectivity index is 2.35. The van der Waals surface area contributed by atoms with Crippen molar-refractivity contribution in [1.82, 2.24) is 0 Å². The van der Waals surface area contributed by atoms with E-state index < -0.39 is 21.6 Å². The van der Waals surface area contributed by atoms with Crippen LogP contribution in [-0.2, 0) is 20.4 Å². The number of aliphatic carboxylic acids is 1. The van der Waals surface area contributed by atoms with Gasteiger partial charge in [-0.05, 0) is 30.5 Å². The summed E-state index contributed by atoms with van der Waals surface area (Å²) in [4.78, 5) is 10.3. The average Bonchev–Trinajstić information content (AvgIpc) is 2.31. The summed E-state index contributed by atoms with van der Waals surface area (Å²) in [7, 11) is -3.22. The van der Waals surface area contributed by atoms with Gasteiger partial charge in [-0.25, -0.2) is 12.8 Å². The zero-order valence-corrected chi connectivity index (χ0v) is 11.3. The Bertz CT molecular complexity index is 508. The van der Waals surface area contributed by atoms with E-state index in [1.165, 1.54) is 24.3 Å². The van der Waals surface area contributed by atoms with Crippen molar-refractivity contribution in [3.63, 3.8) is 0 Å². The predicted molar refractivity (Wildman–Crippen MR) is 70.0 cm³/mol. The SMILES string of the molecule is O=C(O)CCCCCS(=O)(=O)Cc1ccc(F)cc1. The first-order chi connectivity index (χ1) is 8.89. The van der Waals surface area contributed by atoms with Crippen molar-refractivity contribution in [1.29, 1.82) is 0 Å². The molecule has 0 saturated heterocycles. The molecule has 6 heteroatoms. The first kappa shape index (κ1) is 15.6. The van der Waals surface area contributed by atoms with Crippen molar-refractivity contribution >= 4 is 15.8 Å². The molecule has 0 heterocycles. The first-order valence-corrected chi connectivity index (χ1v) is 7.88. The molecule has 1 rings (SSSR count). The van der Waals surface area contributed by atoms with Crippen LogP contribution in [0, 0.1) is 5.82 Å². The van der Waals surface area contributed by atoms with Gasteiger partial charge in [0.2, 0.25) is 0 Å². The number of rotatable bonds is 8. The van der Waals surface area contributed by atoms with Gasteiger partial charge in [0.15, 0.2) is 9.84 Å². The molecule has 0 aliphatic rings. The topological polar surface area (TPSA) is 71.4 Å². The smallest absolute Gasteiger partial charge is 0.303 e. The second-order valence-corrected chi connectivity index (χ2v) is 6.61. The summed E-state index contributed by atoms with van der Waals surface area (Å²) in [5.41, 5.74) is 0.562. The Morgan fingerprint density at radius 2 is 1.74 bits per heavy atom. The molecule has 106 valence electrons. The zero-order valence-electron chi connectivity index (χ0n) is 10.5. The van der Waals surface area contributed by atoms with Gasteiger partial charge < -0.3 is 5.11 Å². The highest BCUT2D eigenvalue weighted by Crippen LogP contribution is 2.10. The number of unbranched alkanes of at least 4 members (excludes halogenated alkanes) is 2. The van der Waals surface area contributed by atoms with Crippen molar-refractivity contribution in [3.8, 4) is 0 Å². The number of hydrogen-bond acceptors (Lipinski definition) is 3. The van der Waals surface area contributed by atoms with Crippen LogP contribution in [0.2, 0.25) is 0 Å². The van der Waals surface area contributed by atoms with Gasteiger partial charge in [-0.3, -0.25) is 4.79 Å². The fraction of sp³-hybridized carbons (Fsp3) is 0.462. The van der Waals surface area contributed by atoms with Crippen molar-refractivity contribution in [2.75, 3.05) is 5.75 Å². The molecule has 4 nitrogen and oxygen atoms in total. The Morgan fingerprint density at radius 3 is 2.32 bits per heavy atom. The van der Waals surface area contributed by atoms with Gasteiger partial charge in [0.05, 0.1) is 11.5 Å². The van der Waals surface area contributed by atoms with E-state index in [1.54, 1.807) is 0 Å². The maximum atomic E-state index is 12.7. The van der Waals surface area contributed by atoms with Crippen LogP contribution in [0.1, 0.15) is 31.2 Å². The van der Waals surface area contributed by atoms with Crippen LogP contribution in [0.25, 0.3) is 0 Å². The van der Waals surface area contributed by atoms with Gasteiger partial charge in [-0.15, -0.1) is 0 Å². The van der Waals surface area contributed by atoms with Crippen LogP contribution >= 0.6 is 0 Å². The van der Waals surface area contributed by atoms with Crippen LogP contribution in [0.4, 0.5) is 4.39 Å². The molecule has 19 heavy (non-hydrogen) atoms. The second-order valence-electron chi connectivity index (χ2n) is 4.42. The first-order valence-electron chi connectivity index (χ1n) is 6.06. The summed E-state index contributed by atoms with van der Waals surface area (Å²) in [6.07, 6.45) is 1.59. The summed E-state index contributed by atoms with van der Waals surface area (Å²) in [6.45, 7) is 0. The van der Waals surface area contributed by atoms with Crippen molar-refractivity contribution in [3.05, 3.63) is 35.6 Å². The van der Waals surface area contributed by atoms with E-state index in [4.69, 9.17) is 5.11 Å². The summed E-state index contributed by atoms with van der Waals surface area (Å²) >= 11 is 0. The Morgan fingerprint density at radius 1 is 1.11 bits per heavy atom. The molecule has 0 bridgehead atoms. The number of carbonyl (C=O) groups is 1. The average molecular weight is 288 g/mol. The highest BCUT2D eigenvalue weighted by molar-refractivity contribution is 7.90. The molecule has 0 spiro atoms. The molecule has 0 amide bonds. The lowest BCUT2D eigenvalue weighted by atomic mass is 10.2. The lowest BCUT2D eigenvalue weighted by Crippen LogP contribution is -2.09. The number of benzene rings is 1. The van der Waals surface area contributed by atoms with Crippen LogP contribution in [0.3, 0.4) is 0 Å². The zero-order chi connectivity index (χ0) is 14.3. The highest BCUT2D eigenvalue weighted by atomic mass is 32.2. The molecular formula is C13H17FO4S. The fourth-order valence-corrected chi connectivity index (χ4v) is 3.17. The third-order valence-electron chi connectivity index (χ3n) is 2.65. The van der Waals surface area contributed by atoms with E-state index in [-0.39, 0.29) is 17.9 Å². The molecule has 1 aromatic rings. The Hall–Kier alpha value is -1.43. The minimum atomic E-state index is -3.22. The van der Waals surface area contributed by atoms with Crippen LogP contribution in [-0.4, -0.2) is 25.2 Å². The number of halogens is 1. The minimum Gasteiger partial charge on any atom is -0.481 e. The standard InChI is InChI=1S/C13H17FO4S/c14-12-7-5-11(6-8-12)10-19(17,18)9-3-1-2-4-13(15)16/h5-8H,1-4,9-10H2,(H,15,16). The molecule has 1 N–H and O–H groups in total. The lowest BCUT2D eigenvalue weighted by molar-refractivity contribution is -0.137. The third-order valence-corrected chi connectivity index (χ3v) is 4.33. The normalized spacial score (nSPS) is 11.4. The van der Waals surface area contributed by atoms with E-state index >= 15 is 0 Å². The fourth-order valence-electron chi connectivity index (χ4n) is 1.68. The van der Waals surface area contributed by atoms with Crippen LogP contribution < -0.4 is 0 Å². The van der Waals surface area contributed by atoms with Crippen molar-refractivity contribution < 1.29 is 22.7 Å². The van der Waals surface area contributed by atoms with Crippen LogP contribution in [0.5, 0.6) is 0 Å². The van der Waals surface area contributed by atoms with Gasteiger partial charge in [-0.2, -0.15) is 0 Å². The maximum Gasteiger partial charge on any atom is 0.303 e. The van der Waals surface area contributed by atoms with Gasteiger partial charge >= 0.3 is 5.97 Å². The summed E-state index contributed by atoms with van der Waals surface area (Å²) in [5.74, 6) is -1.33. The minimum absolute atomic E-state index is 0.0317. The second kappa shape index (κ2) is 7.23. The quantitative estimate of drug-likeness (QED) is 0.745. The maximum absolute atomic E-state index is 12.7. The predicted octanol–water partition coefficient (Wildman–Crippen LogP) is 2.39. The monoisotopic (exact) mass is 288 g/mol. The number of carboxylic acid groups (broad SMARTS) is 1. The van der Waals surface area contributed by atoms with E-state index in [0.717, 1.165) is 0 Å². The van der Waals surface area contributed by atoms with Crippen molar-refractivity contribution in [2.45, 2.75) is 31.4 Å². The Kier molecular flexibility index (Phi) is 5.95. The molecule has 0 aliphatic carbocycles. The molecule has 0 aromatic heterocycles. The third kappa shape index (κ3) is 6.91. The van der Waals surface area contributed by atoms with Gasteiger partial charge in [0, 0.05) is 6.42 Å². The lowest BCUT2D eigenvalue weighted by Gasteiger charge is -2.04. The summed E-state index contributed by atoms with van der Waals surface area (Å²) in [5, 5.41) is 8.44. The number of sulfone groups is 1. The molecule has 0 atom stereocenters. The van der Waals surface area contributed by atoms with Gasteiger partial charge in [0.1, 0.15) is 5.82 Å². The molecular weight excluding hydrogens is 271 g/mol. The molecule has 0 saturated carbocycles. The Labute approximate surface area is 112 Å². The summed E-state index contributed by atoms with van der Waals surface area (Å²) < 4.78 is 36.2. The molecule has 0 fully saturated rings. The van der Waals surface area contributed by atoms with E-state index in [9.17, 15) is 17.6 Å². The molecule has 0 radical (unpaired) electrons. The number of carboxylic acids is 1. The highest BCUT2D eigenvalue weighted by Gasteiger charge is 2.11. The molecule has 0 aliphatic heterocycles. The van der Waals surface area contributed by atoms with E-state index in [0.29, 0.717) is 24.8 Å². The summed E-state index contributed by atoms with van der Waals surface area (Å²) in [6, 6.07) is 5.38. The van der Waals surface area contributed by atoms with Gasteiger partial charge in [-0.1, -0.05) is 18.6 Å². The van der Waals surface area contributed by atoms with E-state index in [2.05, 4.69) is 0 Å². The van der Waals surface area contributed by atoms with Gasteiger partial charge in [0.25, 0.3) is 0 Å². The van der Waals surface area contributed by atoms with E-state index in [1.807, 2.05) is 0 Å².